The lowest BCUT2D eigenvalue weighted by molar-refractivity contribution is -0.525. The molecule has 0 saturated heterocycles. The zero-order chi connectivity index (χ0) is 25.2. The van der Waals surface area contributed by atoms with Crippen LogP contribution in [0.2, 0.25) is 0 Å². The van der Waals surface area contributed by atoms with E-state index < -0.39 is 36.0 Å². The van der Waals surface area contributed by atoms with Crippen molar-refractivity contribution in [3.63, 3.8) is 0 Å². The van der Waals surface area contributed by atoms with Crippen molar-refractivity contribution in [1.29, 1.82) is 5.41 Å². The zero-order valence-electron chi connectivity index (χ0n) is 20.1. The molecule has 13 heteroatoms. The number of nitrogens with zero attached hydrogens (tertiary/aromatic N) is 1. The van der Waals surface area contributed by atoms with E-state index in [9.17, 15) is 29.8 Å². The Balaban J connectivity index is 4.82. The second-order valence-electron chi connectivity index (χ2n) is 8.61. The molecule has 7 N–H and O–H groups in total. The Labute approximate surface area is 196 Å². The molecule has 2 amide bonds. The van der Waals surface area contributed by atoms with Gasteiger partial charge in [-0.2, -0.15) is 0 Å². The Morgan fingerprint density at radius 1 is 1.06 bits per heavy atom. The predicted molar refractivity (Wildman–Crippen MR) is 127 cm³/mol. The maximum atomic E-state index is 12.8. The van der Waals surface area contributed by atoms with E-state index in [2.05, 4.69) is 22.9 Å². The van der Waals surface area contributed by atoms with Gasteiger partial charge in [-0.25, -0.2) is 10.1 Å². The molecule has 0 unspecified atom stereocenters. The van der Waals surface area contributed by atoms with Gasteiger partial charge in [-0.15, -0.1) is 0 Å². The van der Waals surface area contributed by atoms with Crippen molar-refractivity contribution in [3.05, 3.63) is 10.1 Å². The predicted octanol–water partition coefficient (Wildman–Crippen LogP) is 0.851. The molecule has 0 spiro atoms. The number of unbranched alkanes of at least 4 members (excludes halogenated alkanes) is 5. The monoisotopic (exact) mass is 472 g/mol. The second-order valence-corrected chi connectivity index (χ2v) is 8.61. The standard InChI is InChI=1S/C20H41BN6O6/c1-4-5-6-7-8-9-12-18(28)24-16(11-10-13-23-20(22)26-27(32)33)19(29)25-17(21(30)31)14-15(2)3/h15-17,30-31H,4-14H2,1-3H3,(H,24,28)(H,25,29)(H3,22,23,26)/t16-,17-/m0/s1. The summed E-state index contributed by atoms with van der Waals surface area (Å²) in [5.41, 5.74) is 1.67. The molecule has 0 aliphatic rings. The third-order valence-electron chi connectivity index (χ3n) is 5.00. The van der Waals surface area contributed by atoms with Crippen LogP contribution in [0.5, 0.6) is 0 Å². The van der Waals surface area contributed by atoms with E-state index in [1.165, 1.54) is 6.42 Å². The molecule has 2 atom stereocenters. The van der Waals surface area contributed by atoms with Gasteiger partial charge >= 0.3 is 7.12 Å². The Kier molecular flexibility index (Phi) is 16.8. The van der Waals surface area contributed by atoms with Crippen LogP contribution in [0.15, 0.2) is 0 Å². The highest BCUT2D eigenvalue weighted by molar-refractivity contribution is 6.43. The number of rotatable bonds is 18. The molecule has 0 aliphatic heterocycles. The van der Waals surface area contributed by atoms with Gasteiger partial charge in [0.25, 0.3) is 5.96 Å². The summed E-state index contributed by atoms with van der Waals surface area (Å²) < 4.78 is 0. The number of carbonyl (C=O) groups is 2. The minimum atomic E-state index is -1.73. The third-order valence-corrected chi connectivity index (χ3v) is 5.00. The fourth-order valence-electron chi connectivity index (χ4n) is 3.30. The molecule has 0 bridgehead atoms. The van der Waals surface area contributed by atoms with Crippen LogP contribution in [0.3, 0.4) is 0 Å². The van der Waals surface area contributed by atoms with Gasteiger partial charge in [0.15, 0.2) is 5.03 Å². The van der Waals surface area contributed by atoms with Crippen LogP contribution in [-0.2, 0) is 9.59 Å². The maximum absolute atomic E-state index is 12.8. The van der Waals surface area contributed by atoms with Gasteiger partial charge in [0.2, 0.25) is 11.8 Å². The summed E-state index contributed by atoms with van der Waals surface area (Å²) in [7, 11) is -1.73. The third kappa shape index (κ3) is 16.8. The zero-order valence-corrected chi connectivity index (χ0v) is 20.1. The van der Waals surface area contributed by atoms with Gasteiger partial charge in [0.1, 0.15) is 6.04 Å². The Hall–Kier alpha value is -2.41. The van der Waals surface area contributed by atoms with E-state index in [4.69, 9.17) is 5.41 Å². The van der Waals surface area contributed by atoms with E-state index in [-0.39, 0.29) is 24.8 Å². The molecule has 0 aliphatic carbocycles. The minimum absolute atomic E-state index is 0.113. The summed E-state index contributed by atoms with van der Waals surface area (Å²) in [4.78, 5) is 35.5. The van der Waals surface area contributed by atoms with Crippen molar-refractivity contribution >= 4 is 24.9 Å². The van der Waals surface area contributed by atoms with Crippen LogP contribution in [0, 0.1) is 21.4 Å². The molecule has 0 aromatic rings. The molecule has 0 fully saturated rings. The largest absolute Gasteiger partial charge is 0.475 e. The molecular weight excluding hydrogens is 431 g/mol. The average molecular weight is 472 g/mol. The fourth-order valence-corrected chi connectivity index (χ4v) is 3.30. The first kappa shape index (κ1) is 30.6. The number of nitrogens with one attached hydrogen (secondary N) is 5. The van der Waals surface area contributed by atoms with Gasteiger partial charge in [0.05, 0.1) is 5.94 Å². The SMILES string of the molecule is CCCCCCCCC(=O)N[C@@H](CCCNC(=N)N[N+](=O)[O-])C(=O)N[C@@H](CC(C)C)B(O)O. The van der Waals surface area contributed by atoms with Crippen molar-refractivity contribution in [2.75, 3.05) is 6.54 Å². The number of hydrazine groups is 1. The van der Waals surface area contributed by atoms with Crippen molar-refractivity contribution in [3.8, 4) is 0 Å². The quantitative estimate of drug-likeness (QED) is 0.0381. The number of hydrogen-bond donors (Lipinski definition) is 7. The van der Waals surface area contributed by atoms with Crippen molar-refractivity contribution in [2.45, 2.75) is 97.0 Å². The summed E-state index contributed by atoms with van der Waals surface area (Å²) in [6.07, 6.45) is 7.38. The lowest BCUT2D eigenvalue weighted by Gasteiger charge is -2.24. The van der Waals surface area contributed by atoms with Gasteiger partial charge in [-0.1, -0.05) is 58.3 Å². The molecule has 33 heavy (non-hydrogen) atoms. The van der Waals surface area contributed by atoms with E-state index in [1.807, 2.05) is 13.8 Å². The molecule has 12 nitrogen and oxygen atoms in total. The van der Waals surface area contributed by atoms with Gasteiger partial charge in [0, 0.05) is 13.0 Å². The van der Waals surface area contributed by atoms with Crippen LogP contribution < -0.4 is 21.4 Å². The molecular formula is C20H41BN6O6. The number of hydrogen-bond acceptors (Lipinski definition) is 7. The van der Waals surface area contributed by atoms with E-state index in [0.29, 0.717) is 19.3 Å². The maximum Gasteiger partial charge on any atom is 0.475 e. The number of amides is 2. The summed E-state index contributed by atoms with van der Waals surface area (Å²) in [5, 5.41) is 43.8. The highest BCUT2D eigenvalue weighted by atomic mass is 16.7. The summed E-state index contributed by atoms with van der Waals surface area (Å²) in [5.74, 6) is -2.02. The van der Waals surface area contributed by atoms with Crippen LogP contribution in [0.25, 0.3) is 0 Å². The Morgan fingerprint density at radius 3 is 2.27 bits per heavy atom. The summed E-state index contributed by atoms with van der Waals surface area (Å²) in [6, 6.07) is -0.898. The van der Waals surface area contributed by atoms with Crippen molar-refractivity contribution < 1.29 is 24.7 Å². The summed E-state index contributed by atoms with van der Waals surface area (Å²) >= 11 is 0. The molecule has 190 valence electrons. The molecule has 0 aromatic carbocycles. The first-order valence-electron chi connectivity index (χ1n) is 11.8. The average Bonchev–Trinajstić information content (AvgIpc) is 2.71. The van der Waals surface area contributed by atoms with Gasteiger partial charge in [-0.3, -0.25) is 15.0 Å². The molecule has 0 aromatic heterocycles. The van der Waals surface area contributed by atoms with E-state index in [1.54, 1.807) is 5.43 Å². The molecule has 0 rings (SSSR count). The highest BCUT2D eigenvalue weighted by Crippen LogP contribution is 2.09. The first-order chi connectivity index (χ1) is 15.6. The van der Waals surface area contributed by atoms with Crippen LogP contribution in [0.1, 0.15) is 85.0 Å². The van der Waals surface area contributed by atoms with Gasteiger partial charge in [-0.05, 0) is 31.6 Å². The molecule has 0 saturated carbocycles. The molecule has 0 radical (unpaired) electrons. The number of guanidine groups is 1. The number of carbonyl (C=O) groups excluding carboxylic acids is 2. The first-order valence-corrected chi connectivity index (χ1v) is 11.8. The lowest BCUT2D eigenvalue weighted by Crippen LogP contribution is -2.54. The Bertz CT molecular complexity index is 608. The van der Waals surface area contributed by atoms with Crippen molar-refractivity contribution in [2.24, 2.45) is 5.92 Å². The Morgan fingerprint density at radius 2 is 1.70 bits per heavy atom. The van der Waals surface area contributed by atoms with Crippen LogP contribution in [-0.4, -0.2) is 58.5 Å². The van der Waals surface area contributed by atoms with Crippen LogP contribution >= 0.6 is 0 Å². The fraction of sp³-hybridized carbons (Fsp3) is 0.850. The van der Waals surface area contributed by atoms with Gasteiger partial charge < -0.3 is 26.0 Å². The normalized spacial score (nSPS) is 12.5. The van der Waals surface area contributed by atoms with E-state index >= 15 is 0 Å². The minimum Gasteiger partial charge on any atom is -0.426 e. The van der Waals surface area contributed by atoms with E-state index in [0.717, 1.165) is 32.1 Å². The summed E-state index contributed by atoms with van der Waals surface area (Å²) in [6.45, 7) is 6.09. The topological polar surface area (TPSA) is 190 Å². The smallest absolute Gasteiger partial charge is 0.426 e. The second kappa shape index (κ2) is 18.1. The van der Waals surface area contributed by atoms with Crippen molar-refractivity contribution in [1.82, 2.24) is 21.4 Å². The lowest BCUT2D eigenvalue weighted by atomic mass is 9.75. The van der Waals surface area contributed by atoms with Crippen LogP contribution in [0.4, 0.5) is 0 Å². The highest BCUT2D eigenvalue weighted by Gasteiger charge is 2.29. The number of nitro groups is 1. The molecule has 0 heterocycles.